The van der Waals surface area contributed by atoms with Crippen LogP contribution in [0.1, 0.15) is 58.3 Å². The highest BCUT2D eigenvalue weighted by atomic mass is 127. The van der Waals surface area contributed by atoms with Crippen LogP contribution < -0.4 is 0 Å². The topological polar surface area (TPSA) is 129 Å². The van der Waals surface area contributed by atoms with Crippen molar-refractivity contribution >= 4 is 35.7 Å². The van der Waals surface area contributed by atoms with Gasteiger partial charge in [0.1, 0.15) is 5.78 Å². The molecular weight excluding hydrogens is 395 g/mol. The zero-order valence-corrected chi connectivity index (χ0v) is 14.8. The summed E-state index contributed by atoms with van der Waals surface area (Å²) in [6.07, 6.45) is 5.81. The number of hydrogen-bond donors (Lipinski definition) is 3. The molecule has 0 unspecified atom stereocenters. The Kier molecular flexibility index (Phi) is 37.6. The van der Waals surface area contributed by atoms with Gasteiger partial charge in [-0.2, -0.15) is 0 Å². The van der Waals surface area contributed by atoms with Crippen molar-refractivity contribution in [3.8, 4) is 0 Å². The third-order valence-electron chi connectivity index (χ3n) is 2.24. The first kappa shape index (κ1) is 28.5. The van der Waals surface area contributed by atoms with Crippen LogP contribution in [0, 0.1) is 9.93 Å². The van der Waals surface area contributed by atoms with Gasteiger partial charge >= 0.3 is 5.97 Å². The number of aliphatic hydroxyl groups is 2. The van der Waals surface area contributed by atoms with E-state index < -0.39 is 5.97 Å². The summed E-state index contributed by atoms with van der Waals surface area (Å²) in [6, 6.07) is 0. The first-order valence-corrected chi connectivity index (χ1v) is 6.64. The second kappa shape index (κ2) is 27.7. The monoisotopic (exact) mass is 422 g/mol. The molecule has 7 nitrogen and oxygen atoms in total. The summed E-state index contributed by atoms with van der Waals surface area (Å²) in [5.41, 5.74) is 0. The van der Waals surface area contributed by atoms with Crippen LogP contribution in [-0.4, -0.2) is 40.3 Å². The average Bonchev–Trinajstić information content (AvgIpc) is 2.42. The van der Waals surface area contributed by atoms with E-state index in [0.717, 1.165) is 25.7 Å². The zero-order chi connectivity index (χ0) is 16.2. The Morgan fingerprint density at radius 2 is 1.14 bits per heavy atom. The fourth-order valence-corrected chi connectivity index (χ4v) is 1.23. The number of carbonyl (C=O) groups is 2. The lowest BCUT2D eigenvalue weighted by atomic mass is 10.1. The highest BCUT2D eigenvalue weighted by Crippen LogP contribution is 1.99. The van der Waals surface area contributed by atoms with E-state index in [1.165, 1.54) is 6.92 Å². The number of aliphatic hydroxyl groups excluding tert-OH is 2. The SMILES string of the molecule is CC(=O)CCCCC(=O)O.I.O=O.OCCCCCCO. The van der Waals surface area contributed by atoms with Crippen molar-refractivity contribution in [2.75, 3.05) is 13.2 Å². The van der Waals surface area contributed by atoms with Crippen LogP contribution in [-0.2, 0) is 9.59 Å². The van der Waals surface area contributed by atoms with Gasteiger partial charge < -0.3 is 20.1 Å². The number of carbonyl (C=O) groups excluding carboxylic acids is 1. The molecule has 0 spiro atoms. The van der Waals surface area contributed by atoms with Gasteiger partial charge in [-0.1, -0.05) is 12.8 Å². The number of rotatable bonds is 10. The summed E-state index contributed by atoms with van der Waals surface area (Å²) in [5, 5.41) is 24.8. The van der Waals surface area contributed by atoms with Gasteiger partial charge in [-0.05, 0) is 32.6 Å². The fraction of sp³-hybridized carbons (Fsp3) is 0.846. The molecule has 0 aliphatic rings. The van der Waals surface area contributed by atoms with Gasteiger partial charge in [0.2, 0.25) is 0 Å². The molecule has 0 amide bonds. The molecule has 0 radical (unpaired) electrons. The number of carboxylic acids is 1. The summed E-state index contributed by atoms with van der Waals surface area (Å²) in [5.74, 6) is -0.658. The van der Waals surface area contributed by atoms with Crippen LogP contribution in [0.4, 0.5) is 0 Å². The lowest BCUT2D eigenvalue weighted by Gasteiger charge is -1.93. The van der Waals surface area contributed by atoms with E-state index in [0.29, 0.717) is 19.3 Å². The van der Waals surface area contributed by atoms with Crippen molar-refractivity contribution in [2.24, 2.45) is 0 Å². The highest BCUT2D eigenvalue weighted by Gasteiger charge is 1.97. The molecule has 0 aromatic heterocycles. The Hall–Kier alpha value is -0.610. The van der Waals surface area contributed by atoms with Crippen LogP contribution >= 0.6 is 24.0 Å². The molecule has 0 atom stereocenters. The molecule has 0 fully saturated rings. The van der Waals surface area contributed by atoms with Crippen LogP contribution in [0.2, 0.25) is 0 Å². The van der Waals surface area contributed by atoms with Gasteiger partial charge in [-0.15, -0.1) is 24.0 Å². The number of aliphatic carboxylic acids is 1. The van der Waals surface area contributed by atoms with E-state index in [4.69, 9.17) is 25.2 Å². The Bertz CT molecular complexity index is 203. The molecular formula is C13H27IO7. The van der Waals surface area contributed by atoms with Crippen molar-refractivity contribution in [3.63, 3.8) is 0 Å². The number of Topliss-reactive ketones (excluding diaryl/α,β-unsaturated/α-hetero) is 1. The molecule has 3 N–H and O–H groups in total. The smallest absolute Gasteiger partial charge is 0.303 e. The molecule has 8 heteroatoms. The Labute approximate surface area is 142 Å². The largest absolute Gasteiger partial charge is 0.481 e. The minimum atomic E-state index is -0.788. The molecule has 21 heavy (non-hydrogen) atoms. The average molecular weight is 422 g/mol. The molecule has 0 saturated carbocycles. The molecule has 0 aromatic carbocycles. The summed E-state index contributed by atoms with van der Waals surface area (Å²) in [4.78, 5) is 34.3. The van der Waals surface area contributed by atoms with Crippen molar-refractivity contribution in [2.45, 2.75) is 58.3 Å². The molecule has 0 aliphatic heterocycles. The molecule has 0 rings (SSSR count). The van der Waals surface area contributed by atoms with E-state index in [9.17, 15) is 9.59 Å². The highest BCUT2D eigenvalue weighted by molar-refractivity contribution is 14.0. The maximum Gasteiger partial charge on any atom is 0.303 e. The Morgan fingerprint density at radius 3 is 1.43 bits per heavy atom. The number of carboxylic acid groups (broad SMARTS) is 1. The first-order valence-electron chi connectivity index (χ1n) is 6.64. The number of ketones is 1. The summed E-state index contributed by atoms with van der Waals surface area (Å²) in [7, 11) is 0. The van der Waals surface area contributed by atoms with Crippen molar-refractivity contribution in [1.29, 1.82) is 0 Å². The third-order valence-corrected chi connectivity index (χ3v) is 2.24. The quantitative estimate of drug-likeness (QED) is 0.364. The molecule has 0 bridgehead atoms. The predicted molar refractivity (Wildman–Crippen MR) is 91.6 cm³/mol. The number of hydrogen-bond acceptors (Lipinski definition) is 6. The van der Waals surface area contributed by atoms with Crippen LogP contribution in [0.15, 0.2) is 0 Å². The van der Waals surface area contributed by atoms with Gasteiger partial charge in [-0.3, -0.25) is 4.79 Å². The van der Waals surface area contributed by atoms with Crippen molar-refractivity contribution in [1.82, 2.24) is 0 Å². The van der Waals surface area contributed by atoms with Crippen LogP contribution in [0.5, 0.6) is 0 Å². The van der Waals surface area contributed by atoms with E-state index in [1.807, 2.05) is 0 Å². The van der Waals surface area contributed by atoms with Gasteiger partial charge in [-0.25, -0.2) is 0 Å². The minimum Gasteiger partial charge on any atom is -0.481 e. The van der Waals surface area contributed by atoms with E-state index in [1.54, 1.807) is 0 Å². The molecule has 0 saturated heterocycles. The molecule has 0 heterocycles. The summed E-state index contributed by atoms with van der Waals surface area (Å²) < 4.78 is 0. The van der Waals surface area contributed by atoms with Gasteiger partial charge in [0.25, 0.3) is 0 Å². The Morgan fingerprint density at radius 1 is 0.762 bits per heavy atom. The predicted octanol–water partition coefficient (Wildman–Crippen LogP) is 2.44. The van der Waals surface area contributed by atoms with Crippen molar-refractivity contribution < 1.29 is 24.9 Å². The summed E-state index contributed by atoms with van der Waals surface area (Å²) >= 11 is 0. The molecule has 0 aromatic rings. The maximum absolute atomic E-state index is 10.3. The van der Waals surface area contributed by atoms with Gasteiger partial charge in [0, 0.05) is 36.0 Å². The Balaban J connectivity index is -0.000000120. The van der Waals surface area contributed by atoms with Gasteiger partial charge in [0.15, 0.2) is 0 Å². The normalized spacial score (nSPS) is 8.33. The lowest BCUT2D eigenvalue weighted by molar-refractivity contribution is -0.137. The second-order valence-corrected chi connectivity index (χ2v) is 4.16. The van der Waals surface area contributed by atoms with E-state index >= 15 is 0 Å². The standard InChI is InChI=1S/C7H12O3.C6H14O2.HI.O2/c1-6(8)4-2-3-5-7(9)10;7-5-3-1-2-4-6-8;;1-2/h2-5H2,1H3,(H,9,10);7-8H,1-6H2;1H;. The lowest BCUT2D eigenvalue weighted by Crippen LogP contribution is -1.95. The van der Waals surface area contributed by atoms with Crippen molar-refractivity contribution in [3.05, 3.63) is 9.93 Å². The third kappa shape index (κ3) is 45.2. The number of halogens is 1. The zero-order valence-electron chi connectivity index (χ0n) is 12.5. The summed E-state index contributed by atoms with van der Waals surface area (Å²) in [6.45, 7) is 2.08. The molecule has 128 valence electrons. The minimum absolute atomic E-state index is 0. The van der Waals surface area contributed by atoms with Gasteiger partial charge in [0.05, 0.1) is 0 Å². The van der Waals surface area contributed by atoms with E-state index in [2.05, 4.69) is 0 Å². The second-order valence-electron chi connectivity index (χ2n) is 4.16. The molecule has 0 aliphatic carbocycles. The van der Waals surface area contributed by atoms with Crippen LogP contribution in [0.25, 0.3) is 0 Å². The first-order chi connectivity index (χ1) is 9.54. The van der Waals surface area contributed by atoms with Crippen LogP contribution in [0.3, 0.4) is 0 Å². The maximum atomic E-state index is 10.3. The number of unbranched alkanes of at least 4 members (excludes halogenated alkanes) is 4. The fourth-order valence-electron chi connectivity index (χ4n) is 1.23. The van der Waals surface area contributed by atoms with E-state index in [-0.39, 0.29) is 49.4 Å².